The number of furan rings is 1. The van der Waals surface area contributed by atoms with E-state index in [1.807, 2.05) is 58.0 Å². The summed E-state index contributed by atoms with van der Waals surface area (Å²) in [5.74, 6) is 1.14. The van der Waals surface area contributed by atoms with Crippen molar-refractivity contribution in [2.24, 2.45) is 17.3 Å². The number of benzene rings is 3. The van der Waals surface area contributed by atoms with Crippen LogP contribution < -0.4 is 0 Å². The van der Waals surface area contributed by atoms with Crippen LogP contribution in [0.3, 0.4) is 0 Å². The van der Waals surface area contributed by atoms with Gasteiger partial charge in [0.2, 0.25) is 0 Å². The largest absolute Gasteiger partial charge is 0.512 e. The average molecular weight is 811 g/mol. The van der Waals surface area contributed by atoms with Crippen LogP contribution in [0, 0.1) is 23.3 Å². The molecule has 1 N–H and O–H groups in total. The van der Waals surface area contributed by atoms with Crippen molar-refractivity contribution >= 4 is 38.6 Å². The van der Waals surface area contributed by atoms with E-state index in [9.17, 15) is 9.90 Å². The van der Waals surface area contributed by atoms with Crippen molar-refractivity contribution in [3.63, 3.8) is 0 Å². The summed E-state index contributed by atoms with van der Waals surface area (Å²) in [6.45, 7) is 12.8. The minimum absolute atomic E-state index is 0. The summed E-state index contributed by atoms with van der Waals surface area (Å²) in [4.78, 5) is 20.8. The molecule has 1 fully saturated rings. The molecule has 2 aromatic heterocycles. The first-order valence-corrected chi connectivity index (χ1v) is 17.1. The van der Waals surface area contributed by atoms with Gasteiger partial charge in [-0.05, 0) is 80.4 Å². The quantitative estimate of drug-likeness (QED) is 0.0911. The molecule has 5 nitrogen and oxygen atoms in total. The number of carbonyl (C=O) groups is 1. The fourth-order valence-corrected chi connectivity index (χ4v) is 6.73. The van der Waals surface area contributed by atoms with Crippen LogP contribution in [-0.4, -0.2) is 20.9 Å². The van der Waals surface area contributed by atoms with Crippen LogP contribution in [0.1, 0.15) is 106 Å². The maximum absolute atomic E-state index is 11.7. The predicted molar refractivity (Wildman–Crippen MR) is 190 cm³/mol. The molecule has 5 aromatic rings. The standard InChI is InChI=1S/C28H25N2O.C13H24O2.Ir/c1-28(2)13-11-19(12-14-28)21-9-10-23-24(16-21)31-27-25(29-17-30-26(23)27)22-8-7-18-5-3-4-6-20(18)15-22;1-5-10(6-2)12(14)9-13(15)11(7-3)8-4;/h3-10,16-17,19H,11-14H2,1-2H3;9-11,14H,5-8H2,1-4H3;/q-1;;/b;12-9-;/i7D;;. The van der Waals surface area contributed by atoms with E-state index in [4.69, 9.17) is 5.79 Å². The molecule has 6 rings (SSSR count). The third kappa shape index (κ3) is 8.39. The van der Waals surface area contributed by atoms with E-state index in [1.165, 1.54) is 37.3 Å². The number of allylic oxidation sites excluding steroid dienone is 2. The zero-order valence-corrected chi connectivity index (χ0v) is 31.0. The number of aromatic nitrogens is 2. The van der Waals surface area contributed by atoms with Gasteiger partial charge in [-0.1, -0.05) is 76.8 Å². The number of ketones is 1. The Bertz CT molecular complexity index is 1880. The van der Waals surface area contributed by atoms with Crippen molar-refractivity contribution in [1.29, 1.82) is 0 Å². The number of nitrogens with zero attached hydrogens (tertiary/aromatic N) is 2. The molecule has 47 heavy (non-hydrogen) atoms. The van der Waals surface area contributed by atoms with E-state index in [0.717, 1.165) is 58.5 Å². The van der Waals surface area contributed by atoms with E-state index in [2.05, 4.69) is 48.1 Å². The molecule has 1 saturated carbocycles. The summed E-state index contributed by atoms with van der Waals surface area (Å²) in [7, 11) is 0. The molecule has 0 unspecified atom stereocenters. The van der Waals surface area contributed by atoms with Gasteiger partial charge >= 0.3 is 0 Å². The van der Waals surface area contributed by atoms with E-state index in [0.29, 0.717) is 28.7 Å². The first-order valence-electron chi connectivity index (χ1n) is 17.6. The number of fused-ring (bicyclic) bond motifs is 4. The molecule has 1 radical (unpaired) electrons. The van der Waals surface area contributed by atoms with Crippen LogP contribution in [0.25, 0.3) is 44.1 Å². The van der Waals surface area contributed by atoms with Crippen LogP contribution >= 0.6 is 0 Å². The van der Waals surface area contributed by atoms with Gasteiger partial charge in [0, 0.05) is 44.8 Å². The molecule has 2 heterocycles. The Hall–Kier alpha value is -3.34. The first-order chi connectivity index (χ1) is 22.6. The normalized spacial score (nSPS) is 15.5. The summed E-state index contributed by atoms with van der Waals surface area (Å²) >= 11 is 0. The van der Waals surface area contributed by atoms with Gasteiger partial charge in [0.1, 0.15) is 23.0 Å². The van der Waals surface area contributed by atoms with Crippen molar-refractivity contribution < 1.29 is 35.8 Å². The van der Waals surface area contributed by atoms with E-state index in [1.54, 1.807) is 6.33 Å². The van der Waals surface area contributed by atoms with Gasteiger partial charge in [0.25, 0.3) is 0 Å². The zero-order valence-electron chi connectivity index (χ0n) is 29.7. The van der Waals surface area contributed by atoms with Gasteiger partial charge in [-0.2, -0.15) is 0 Å². The van der Waals surface area contributed by atoms with Gasteiger partial charge in [-0.3, -0.25) is 9.78 Å². The molecule has 0 bridgehead atoms. The average Bonchev–Trinajstić information content (AvgIpc) is 3.44. The van der Waals surface area contributed by atoms with Crippen molar-refractivity contribution in [2.45, 2.75) is 98.8 Å². The Morgan fingerprint density at radius 1 is 1.02 bits per heavy atom. The summed E-state index contributed by atoms with van der Waals surface area (Å²) in [6, 6.07) is 20.1. The molecule has 1 aliphatic carbocycles. The van der Waals surface area contributed by atoms with Crippen molar-refractivity contribution in [2.75, 3.05) is 0 Å². The third-order valence-corrected chi connectivity index (χ3v) is 9.99. The number of rotatable bonds is 9. The fraction of sp³-hybridized carbons (Fsp3) is 0.439. The second-order valence-electron chi connectivity index (χ2n) is 13.6. The van der Waals surface area contributed by atoms with Crippen LogP contribution in [0.4, 0.5) is 0 Å². The number of carbonyl (C=O) groups excluding carboxylic acids is 1. The Balaban J connectivity index is 0.000000279. The summed E-state index contributed by atoms with van der Waals surface area (Å²) in [5, 5.41) is 12.6. The van der Waals surface area contributed by atoms with Crippen LogP contribution in [0.2, 0.25) is 0 Å². The molecule has 0 spiro atoms. The maximum atomic E-state index is 11.7. The zero-order chi connectivity index (χ0) is 33.7. The topological polar surface area (TPSA) is 76.2 Å². The molecule has 0 saturated heterocycles. The summed E-state index contributed by atoms with van der Waals surface area (Å²) < 4.78 is 14.8. The Morgan fingerprint density at radius 3 is 2.38 bits per heavy atom. The monoisotopic (exact) mass is 811 g/mol. The van der Waals surface area contributed by atoms with Crippen LogP contribution in [0.15, 0.2) is 77.2 Å². The molecule has 251 valence electrons. The van der Waals surface area contributed by atoms with Gasteiger partial charge in [-0.25, -0.2) is 4.98 Å². The minimum atomic E-state index is 0. The Morgan fingerprint density at radius 2 is 1.70 bits per heavy atom. The SMILES string of the molecule is CCC(CC)C(=O)/C=C(\O)C(CC)CC.[2H]c1cc(-c2ncnc3c2oc2cc(C4CCC(C)(C)CC4)ccc23)[c-]c2ccccc12.[Ir]. The molecule has 3 aromatic carbocycles. The van der Waals surface area contributed by atoms with Gasteiger partial charge in [0.05, 0.1) is 11.5 Å². The first kappa shape index (κ1) is 35.0. The summed E-state index contributed by atoms with van der Waals surface area (Å²) in [5.41, 5.74) is 5.59. The Kier molecular flexibility index (Phi) is 12.0. The van der Waals surface area contributed by atoms with Crippen molar-refractivity contribution in [3.8, 4) is 11.3 Å². The second kappa shape index (κ2) is 16.2. The molecule has 0 aliphatic heterocycles. The molecule has 0 atom stereocenters. The molecule has 6 heteroatoms. The van der Waals surface area contributed by atoms with Crippen molar-refractivity contribution in [3.05, 3.63) is 84.4 Å². The predicted octanol–water partition coefficient (Wildman–Crippen LogP) is 11.5. The van der Waals surface area contributed by atoms with E-state index < -0.39 is 0 Å². The molecular weight excluding hydrogens is 761 g/mol. The number of aliphatic hydroxyl groups excluding tert-OH is 1. The number of hydrogen-bond acceptors (Lipinski definition) is 5. The summed E-state index contributed by atoms with van der Waals surface area (Å²) in [6.07, 6.45) is 11.5. The van der Waals surface area contributed by atoms with Crippen LogP contribution in [-0.2, 0) is 24.9 Å². The fourth-order valence-electron chi connectivity index (χ4n) is 6.73. The Labute approximate surface area is 295 Å². The second-order valence-corrected chi connectivity index (χ2v) is 13.6. The number of hydrogen-bond donors (Lipinski definition) is 1. The van der Waals surface area contributed by atoms with Gasteiger partial charge < -0.3 is 9.52 Å². The maximum Gasteiger partial charge on any atom is 0.162 e. The van der Waals surface area contributed by atoms with E-state index in [-0.39, 0.29) is 43.5 Å². The van der Waals surface area contributed by atoms with Gasteiger partial charge in [0.15, 0.2) is 5.78 Å². The van der Waals surface area contributed by atoms with Crippen molar-refractivity contribution in [1.82, 2.24) is 9.97 Å². The smallest absolute Gasteiger partial charge is 0.162 e. The third-order valence-electron chi connectivity index (χ3n) is 9.99. The van der Waals surface area contributed by atoms with Crippen LogP contribution in [0.5, 0.6) is 0 Å². The molecule has 1 aliphatic rings. The number of aliphatic hydroxyl groups is 1. The van der Waals surface area contributed by atoms with E-state index >= 15 is 0 Å². The minimum Gasteiger partial charge on any atom is -0.512 e. The van der Waals surface area contributed by atoms with Gasteiger partial charge in [-0.15, -0.1) is 29.6 Å². The molecule has 0 amide bonds. The molecular formula is C41H49IrN2O3-.